The Labute approximate surface area is 153 Å². The van der Waals surface area contributed by atoms with E-state index < -0.39 is 5.54 Å². The molecule has 1 fully saturated rings. The molecular weight excluding hydrogens is 359 g/mol. The maximum Gasteiger partial charge on any atom is 0.325 e. The molecule has 1 aromatic carbocycles. The average molecular weight is 376 g/mol. The summed E-state index contributed by atoms with van der Waals surface area (Å²) in [4.78, 5) is 28.9. The van der Waals surface area contributed by atoms with E-state index in [1.165, 1.54) is 33.7 Å². The van der Waals surface area contributed by atoms with Gasteiger partial charge >= 0.3 is 6.03 Å². The number of carbonyl (C=O) groups is 2. The Morgan fingerprint density at radius 2 is 2.04 bits per heavy atom. The number of imide groups is 1. The highest BCUT2D eigenvalue weighted by Crippen LogP contribution is 2.42. The molecule has 1 atom stereocenters. The molecule has 3 amide bonds. The SMILES string of the molecule is O=C1N[C@]2(CCCc3sccc32)C(=O)N1CCSc1ccc(F)cc1. The second-order valence-corrected chi connectivity index (χ2v) is 8.37. The van der Waals surface area contributed by atoms with Crippen molar-refractivity contribution in [1.82, 2.24) is 10.2 Å². The number of rotatable bonds is 4. The molecule has 4 rings (SSSR count). The first-order valence-electron chi connectivity index (χ1n) is 8.19. The van der Waals surface area contributed by atoms with Crippen molar-refractivity contribution in [2.45, 2.75) is 29.7 Å². The Bertz CT molecular complexity index is 821. The fraction of sp³-hybridized carbons (Fsp3) is 0.333. The zero-order valence-electron chi connectivity index (χ0n) is 13.5. The van der Waals surface area contributed by atoms with Crippen LogP contribution in [0.1, 0.15) is 23.3 Å². The molecule has 2 aliphatic rings. The number of carbonyl (C=O) groups excluding carboxylic acids is 2. The lowest BCUT2D eigenvalue weighted by molar-refractivity contribution is -0.132. The number of fused-ring (bicyclic) bond motifs is 2. The third kappa shape index (κ3) is 2.85. The number of urea groups is 1. The molecule has 0 radical (unpaired) electrons. The van der Waals surface area contributed by atoms with Crippen molar-refractivity contribution < 1.29 is 14.0 Å². The Balaban J connectivity index is 1.46. The summed E-state index contributed by atoms with van der Waals surface area (Å²) < 4.78 is 12.9. The molecule has 0 unspecified atom stereocenters. The predicted molar refractivity (Wildman–Crippen MR) is 96.3 cm³/mol. The average Bonchev–Trinajstić information content (AvgIpc) is 3.17. The number of amides is 3. The summed E-state index contributed by atoms with van der Waals surface area (Å²) in [6, 6.07) is 7.87. The number of nitrogens with zero attached hydrogens (tertiary/aromatic N) is 1. The van der Waals surface area contributed by atoms with E-state index >= 15 is 0 Å². The largest absolute Gasteiger partial charge is 0.325 e. The summed E-state index contributed by atoms with van der Waals surface area (Å²) in [6.07, 6.45) is 2.53. The third-order valence-corrected chi connectivity index (χ3v) is 6.71. The lowest BCUT2D eigenvalue weighted by Gasteiger charge is -2.31. The van der Waals surface area contributed by atoms with E-state index in [4.69, 9.17) is 0 Å². The molecule has 2 heterocycles. The van der Waals surface area contributed by atoms with Gasteiger partial charge in [0.05, 0.1) is 0 Å². The van der Waals surface area contributed by atoms with Gasteiger partial charge in [-0.1, -0.05) is 0 Å². The maximum atomic E-state index is 13.0. The van der Waals surface area contributed by atoms with Gasteiger partial charge in [0.25, 0.3) is 5.91 Å². The standard InChI is InChI=1S/C18H17FN2O2S2/c19-12-3-5-13(6-4-12)24-11-9-21-16(22)18(20-17(21)23)8-1-2-15-14(18)7-10-25-15/h3-7,10H,1-2,8-9,11H2,(H,20,23)/t18-/m0/s1. The molecule has 0 bridgehead atoms. The summed E-state index contributed by atoms with van der Waals surface area (Å²) >= 11 is 3.15. The van der Waals surface area contributed by atoms with Crippen LogP contribution in [0.5, 0.6) is 0 Å². The van der Waals surface area contributed by atoms with E-state index in [9.17, 15) is 14.0 Å². The quantitative estimate of drug-likeness (QED) is 0.653. The number of hydrogen-bond donors (Lipinski definition) is 1. The number of thioether (sulfide) groups is 1. The minimum Gasteiger partial charge on any atom is -0.319 e. The van der Waals surface area contributed by atoms with Crippen molar-refractivity contribution in [1.29, 1.82) is 0 Å². The Kier molecular flexibility index (Phi) is 4.29. The van der Waals surface area contributed by atoms with Crippen LogP contribution >= 0.6 is 23.1 Å². The minimum atomic E-state index is -0.870. The van der Waals surface area contributed by atoms with Crippen LogP contribution in [0.4, 0.5) is 9.18 Å². The Morgan fingerprint density at radius 1 is 1.24 bits per heavy atom. The van der Waals surface area contributed by atoms with E-state index in [1.54, 1.807) is 23.5 Å². The van der Waals surface area contributed by atoms with Crippen LogP contribution in [0, 0.1) is 5.82 Å². The Hall–Kier alpha value is -1.86. The van der Waals surface area contributed by atoms with Gasteiger partial charge in [-0.25, -0.2) is 9.18 Å². The van der Waals surface area contributed by atoms with Gasteiger partial charge in [-0.3, -0.25) is 9.69 Å². The van der Waals surface area contributed by atoms with Crippen LogP contribution in [-0.4, -0.2) is 29.1 Å². The summed E-state index contributed by atoms with van der Waals surface area (Å²) in [5.41, 5.74) is 0.0985. The normalized spacial score (nSPS) is 22.4. The first kappa shape index (κ1) is 16.6. The fourth-order valence-corrected chi connectivity index (χ4v) is 5.37. The van der Waals surface area contributed by atoms with Crippen LogP contribution < -0.4 is 5.32 Å². The maximum absolute atomic E-state index is 13.0. The first-order valence-corrected chi connectivity index (χ1v) is 10.1. The minimum absolute atomic E-state index is 0.142. The third-order valence-electron chi connectivity index (χ3n) is 4.73. The molecule has 130 valence electrons. The van der Waals surface area contributed by atoms with Crippen molar-refractivity contribution in [2.24, 2.45) is 0 Å². The monoisotopic (exact) mass is 376 g/mol. The van der Waals surface area contributed by atoms with E-state index in [1.807, 2.05) is 11.4 Å². The van der Waals surface area contributed by atoms with Gasteiger partial charge in [0.1, 0.15) is 11.4 Å². The van der Waals surface area contributed by atoms with E-state index in [-0.39, 0.29) is 17.8 Å². The summed E-state index contributed by atoms with van der Waals surface area (Å²) in [7, 11) is 0. The second-order valence-electron chi connectivity index (χ2n) is 6.21. The first-order chi connectivity index (χ1) is 12.1. The zero-order valence-corrected chi connectivity index (χ0v) is 15.1. The summed E-state index contributed by atoms with van der Waals surface area (Å²) in [5, 5.41) is 4.94. The lowest BCUT2D eigenvalue weighted by atomic mass is 9.80. The molecule has 1 saturated heterocycles. The zero-order chi connectivity index (χ0) is 17.4. The molecule has 4 nitrogen and oxygen atoms in total. The van der Waals surface area contributed by atoms with Gasteiger partial charge in [-0.15, -0.1) is 23.1 Å². The van der Waals surface area contributed by atoms with Crippen LogP contribution in [0.3, 0.4) is 0 Å². The number of aryl methyl sites for hydroxylation is 1. The molecule has 1 N–H and O–H groups in total. The molecule has 1 aromatic heterocycles. The number of hydrogen-bond acceptors (Lipinski definition) is 4. The summed E-state index contributed by atoms with van der Waals surface area (Å²) in [5.74, 6) is 0.165. The highest BCUT2D eigenvalue weighted by atomic mass is 32.2. The smallest absolute Gasteiger partial charge is 0.319 e. The number of thiophene rings is 1. The van der Waals surface area contributed by atoms with Crippen LogP contribution in [0.25, 0.3) is 0 Å². The van der Waals surface area contributed by atoms with Crippen molar-refractivity contribution in [2.75, 3.05) is 12.3 Å². The van der Waals surface area contributed by atoms with Gasteiger partial charge in [0.15, 0.2) is 0 Å². The van der Waals surface area contributed by atoms with E-state index in [0.29, 0.717) is 18.7 Å². The molecule has 0 saturated carbocycles. The predicted octanol–water partition coefficient (Wildman–Crippen LogP) is 3.76. The Morgan fingerprint density at radius 3 is 2.84 bits per heavy atom. The van der Waals surface area contributed by atoms with Crippen LogP contribution in [-0.2, 0) is 16.8 Å². The number of benzene rings is 1. The number of halogens is 1. The van der Waals surface area contributed by atoms with Gasteiger partial charge < -0.3 is 5.32 Å². The van der Waals surface area contributed by atoms with Gasteiger partial charge in [0, 0.05) is 27.6 Å². The molecule has 1 aliphatic heterocycles. The number of nitrogens with one attached hydrogen (secondary N) is 1. The van der Waals surface area contributed by atoms with Gasteiger partial charge in [-0.2, -0.15) is 0 Å². The van der Waals surface area contributed by atoms with Crippen molar-refractivity contribution in [3.05, 3.63) is 52.0 Å². The van der Waals surface area contributed by atoms with Crippen molar-refractivity contribution in [3.8, 4) is 0 Å². The topological polar surface area (TPSA) is 49.4 Å². The summed E-state index contributed by atoms with van der Waals surface area (Å²) in [6.45, 7) is 0.341. The van der Waals surface area contributed by atoms with Crippen LogP contribution in [0.15, 0.2) is 40.6 Å². The molecule has 25 heavy (non-hydrogen) atoms. The van der Waals surface area contributed by atoms with Crippen LogP contribution in [0.2, 0.25) is 0 Å². The fourth-order valence-electron chi connectivity index (χ4n) is 3.53. The second kappa shape index (κ2) is 6.46. The highest BCUT2D eigenvalue weighted by Gasteiger charge is 2.54. The van der Waals surface area contributed by atoms with Crippen molar-refractivity contribution in [3.63, 3.8) is 0 Å². The lowest BCUT2D eigenvalue weighted by Crippen LogP contribution is -2.46. The van der Waals surface area contributed by atoms with Gasteiger partial charge in [0.2, 0.25) is 0 Å². The van der Waals surface area contributed by atoms with E-state index in [0.717, 1.165) is 23.3 Å². The van der Waals surface area contributed by atoms with Crippen molar-refractivity contribution >= 4 is 35.0 Å². The molecule has 7 heteroatoms. The molecular formula is C18H17FN2O2S2. The molecule has 2 aromatic rings. The highest BCUT2D eigenvalue weighted by molar-refractivity contribution is 7.99. The van der Waals surface area contributed by atoms with Gasteiger partial charge in [-0.05, 0) is 55.0 Å². The molecule has 1 aliphatic carbocycles. The van der Waals surface area contributed by atoms with E-state index in [2.05, 4.69) is 5.32 Å². The molecule has 1 spiro atoms.